The zero-order valence-electron chi connectivity index (χ0n) is 11.9. The maximum atomic E-state index is 12.2. The van der Waals surface area contributed by atoms with Gasteiger partial charge in [-0.05, 0) is 19.1 Å². The predicted octanol–water partition coefficient (Wildman–Crippen LogP) is 1.45. The SMILES string of the molecule is Cc1oc(-c2cccnc2)nc1CC(=O)N1CCOCC1. The Hall–Kier alpha value is -2.21. The minimum Gasteiger partial charge on any atom is -0.441 e. The first-order valence-electron chi connectivity index (χ1n) is 6.96. The standard InChI is InChI=1S/C15H17N3O3/c1-11-13(9-14(19)18-5-7-20-8-6-18)17-15(21-11)12-3-2-4-16-10-12/h2-4,10H,5-9H2,1H3. The highest BCUT2D eigenvalue weighted by atomic mass is 16.5. The summed E-state index contributed by atoms with van der Waals surface area (Å²) in [7, 11) is 0. The van der Waals surface area contributed by atoms with Gasteiger partial charge in [0.1, 0.15) is 5.76 Å². The van der Waals surface area contributed by atoms with E-state index >= 15 is 0 Å². The molecule has 0 spiro atoms. The van der Waals surface area contributed by atoms with Crippen LogP contribution in [0.5, 0.6) is 0 Å². The summed E-state index contributed by atoms with van der Waals surface area (Å²) in [6.45, 7) is 4.32. The summed E-state index contributed by atoms with van der Waals surface area (Å²) in [5.41, 5.74) is 1.50. The maximum absolute atomic E-state index is 12.2. The van der Waals surface area contributed by atoms with Crippen molar-refractivity contribution in [2.75, 3.05) is 26.3 Å². The smallest absolute Gasteiger partial charge is 0.228 e. The van der Waals surface area contributed by atoms with Gasteiger partial charge in [0.2, 0.25) is 11.8 Å². The van der Waals surface area contributed by atoms with Crippen LogP contribution in [0.15, 0.2) is 28.9 Å². The Labute approximate surface area is 122 Å². The van der Waals surface area contributed by atoms with Crippen LogP contribution in [0.2, 0.25) is 0 Å². The van der Waals surface area contributed by atoms with Crippen molar-refractivity contribution in [2.45, 2.75) is 13.3 Å². The summed E-state index contributed by atoms with van der Waals surface area (Å²) in [5, 5.41) is 0. The van der Waals surface area contributed by atoms with Crippen LogP contribution < -0.4 is 0 Å². The number of amides is 1. The van der Waals surface area contributed by atoms with E-state index in [2.05, 4.69) is 9.97 Å². The molecular formula is C15H17N3O3. The number of hydrogen-bond acceptors (Lipinski definition) is 5. The van der Waals surface area contributed by atoms with Gasteiger partial charge in [-0.1, -0.05) is 0 Å². The van der Waals surface area contributed by atoms with Crippen LogP contribution in [0.1, 0.15) is 11.5 Å². The maximum Gasteiger partial charge on any atom is 0.228 e. The number of aryl methyl sites for hydroxylation is 1. The van der Waals surface area contributed by atoms with E-state index in [4.69, 9.17) is 9.15 Å². The lowest BCUT2D eigenvalue weighted by atomic mass is 10.2. The summed E-state index contributed by atoms with van der Waals surface area (Å²) >= 11 is 0. The molecule has 6 heteroatoms. The highest BCUT2D eigenvalue weighted by molar-refractivity contribution is 5.78. The Morgan fingerprint density at radius 1 is 1.38 bits per heavy atom. The van der Waals surface area contributed by atoms with Crippen LogP contribution in [0.25, 0.3) is 11.5 Å². The fraction of sp³-hybridized carbons (Fsp3) is 0.400. The molecule has 0 bridgehead atoms. The van der Waals surface area contributed by atoms with E-state index in [1.54, 1.807) is 17.3 Å². The minimum absolute atomic E-state index is 0.0624. The van der Waals surface area contributed by atoms with E-state index < -0.39 is 0 Å². The number of ether oxygens (including phenoxy) is 1. The van der Waals surface area contributed by atoms with Crippen LogP contribution >= 0.6 is 0 Å². The van der Waals surface area contributed by atoms with Gasteiger partial charge in [0.05, 0.1) is 30.9 Å². The number of oxazole rings is 1. The average molecular weight is 287 g/mol. The third-order valence-corrected chi connectivity index (χ3v) is 3.48. The number of nitrogens with zero attached hydrogens (tertiary/aromatic N) is 3. The first-order valence-corrected chi connectivity index (χ1v) is 6.96. The molecule has 1 saturated heterocycles. The lowest BCUT2D eigenvalue weighted by Crippen LogP contribution is -2.41. The van der Waals surface area contributed by atoms with Crippen LogP contribution in [0.4, 0.5) is 0 Å². The lowest BCUT2D eigenvalue weighted by molar-refractivity contribution is -0.134. The second-order valence-corrected chi connectivity index (χ2v) is 4.93. The van der Waals surface area contributed by atoms with Crippen molar-refractivity contribution in [3.63, 3.8) is 0 Å². The molecule has 0 saturated carbocycles. The number of hydrogen-bond donors (Lipinski definition) is 0. The van der Waals surface area contributed by atoms with E-state index in [1.807, 2.05) is 19.1 Å². The van der Waals surface area contributed by atoms with Crippen molar-refractivity contribution in [3.05, 3.63) is 36.0 Å². The molecule has 0 unspecified atom stereocenters. The molecule has 1 fully saturated rings. The van der Waals surface area contributed by atoms with E-state index in [1.165, 1.54) is 0 Å². The van der Waals surface area contributed by atoms with Gasteiger partial charge in [-0.2, -0.15) is 0 Å². The number of rotatable bonds is 3. The predicted molar refractivity (Wildman–Crippen MR) is 75.6 cm³/mol. The fourth-order valence-electron chi connectivity index (χ4n) is 2.27. The van der Waals surface area contributed by atoms with Crippen molar-refractivity contribution in [1.29, 1.82) is 0 Å². The summed E-state index contributed by atoms with van der Waals surface area (Å²) in [5.74, 6) is 1.24. The molecular weight excluding hydrogens is 270 g/mol. The molecule has 1 amide bonds. The fourth-order valence-corrected chi connectivity index (χ4v) is 2.27. The Kier molecular flexibility index (Phi) is 3.96. The summed E-state index contributed by atoms with van der Waals surface area (Å²) < 4.78 is 10.9. The Morgan fingerprint density at radius 2 is 2.19 bits per heavy atom. The topological polar surface area (TPSA) is 68.5 Å². The molecule has 3 heterocycles. The summed E-state index contributed by atoms with van der Waals surface area (Å²) in [6, 6.07) is 3.71. The van der Waals surface area contributed by atoms with E-state index in [-0.39, 0.29) is 12.3 Å². The average Bonchev–Trinajstić information content (AvgIpc) is 2.90. The normalized spacial score (nSPS) is 15.2. The van der Waals surface area contributed by atoms with Gasteiger partial charge in [0.25, 0.3) is 0 Å². The molecule has 1 aliphatic heterocycles. The van der Waals surface area contributed by atoms with Crippen molar-refractivity contribution in [2.24, 2.45) is 0 Å². The van der Waals surface area contributed by atoms with Gasteiger partial charge < -0.3 is 14.1 Å². The van der Waals surface area contributed by atoms with Crippen molar-refractivity contribution < 1.29 is 13.9 Å². The quantitative estimate of drug-likeness (QED) is 0.854. The van der Waals surface area contributed by atoms with Crippen molar-refractivity contribution >= 4 is 5.91 Å². The van der Waals surface area contributed by atoms with Gasteiger partial charge in [0, 0.05) is 25.5 Å². The first-order chi connectivity index (χ1) is 10.2. The third kappa shape index (κ3) is 3.11. The molecule has 0 aromatic carbocycles. The summed E-state index contributed by atoms with van der Waals surface area (Å²) in [4.78, 5) is 22.5. The Morgan fingerprint density at radius 3 is 2.90 bits per heavy atom. The molecule has 110 valence electrons. The van der Waals surface area contributed by atoms with Crippen LogP contribution in [0.3, 0.4) is 0 Å². The second kappa shape index (κ2) is 6.05. The van der Waals surface area contributed by atoms with Crippen molar-refractivity contribution in [3.8, 4) is 11.5 Å². The number of morpholine rings is 1. The van der Waals surface area contributed by atoms with Crippen LogP contribution in [0, 0.1) is 6.92 Å². The van der Waals surface area contributed by atoms with Gasteiger partial charge in [0.15, 0.2) is 0 Å². The Bertz CT molecular complexity index is 618. The minimum atomic E-state index is 0.0624. The van der Waals surface area contributed by atoms with E-state index in [0.29, 0.717) is 43.6 Å². The molecule has 3 rings (SSSR count). The molecule has 0 radical (unpaired) electrons. The van der Waals surface area contributed by atoms with Gasteiger partial charge >= 0.3 is 0 Å². The monoisotopic (exact) mass is 287 g/mol. The van der Waals surface area contributed by atoms with E-state index in [9.17, 15) is 4.79 Å². The number of pyridine rings is 1. The first kappa shape index (κ1) is 13.8. The molecule has 2 aromatic rings. The number of carbonyl (C=O) groups excluding carboxylic acids is 1. The highest BCUT2D eigenvalue weighted by Crippen LogP contribution is 2.21. The van der Waals surface area contributed by atoms with Crippen molar-refractivity contribution in [1.82, 2.24) is 14.9 Å². The molecule has 6 nitrogen and oxygen atoms in total. The molecule has 1 aliphatic rings. The highest BCUT2D eigenvalue weighted by Gasteiger charge is 2.20. The third-order valence-electron chi connectivity index (χ3n) is 3.48. The zero-order valence-corrected chi connectivity index (χ0v) is 11.9. The number of aromatic nitrogens is 2. The number of carbonyl (C=O) groups is 1. The summed E-state index contributed by atoms with van der Waals surface area (Å²) in [6.07, 6.45) is 3.65. The second-order valence-electron chi connectivity index (χ2n) is 4.93. The molecule has 0 atom stereocenters. The van der Waals surface area contributed by atoms with Crippen LogP contribution in [-0.4, -0.2) is 47.1 Å². The molecule has 2 aromatic heterocycles. The lowest BCUT2D eigenvalue weighted by Gasteiger charge is -2.26. The van der Waals surface area contributed by atoms with Gasteiger partial charge in [-0.3, -0.25) is 9.78 Å². The molecule has 21 heavy (non-hydrogen) atoms. The molecule has 0 aliphatic carbocycles. The zero-order chi connectivity index (χ0) is 14.7. The largest absolute Gasteiger partial charge is 0.441 e. The Balaban J connectivity index is 1.74. The van der Waals surface area contributed by atoms with Crippen LogP contribution in [-0.2, 0) is 16.0 Å². The molecule has 0 N–H and O–H groups in total. The van der Waals surface area contributed by atoms with E-state index in [0.717, 1.165) is 5.56 Å². The van der Waals surface area contributed by atoms with Gasteiger partial charge in [-0.15, -0.1) is 0 Å². The van der Waals surface area contributed by atoms with Gasteiger partial charge in [-0.25, -0.2) is 4.98 Å².